The van der Waals surface area contributed by atoms with E-state index < -0.39 is 0 Å². The van der Waals surface area contributed by atoms with E-state index in [1.54, 1.807) is 0 Å². The van der Waals surface area contributed by atoms with Crippen molar-refractivity contribution < 1.29 is 0 Å². The lowest BCUT2D eigenvalue weighted by atomic mass is 10.0. The summed E-state index contributed by atoms with van der Waals surface area (Å²) in [6.45, 7) is 9.47. The van der Waals surface area contributed by atoms with Crippen molar-refractivity contribution in [3.05, 3.63) is 23.0 Å². The molecule has 0 atom stereocenters. The van der Waals surface area contributed by atoms with E-state index in [2.05, 4.69) is 29.8 Å². The topological polar surface area (TPSA) is 66.0 Å². The Morgan fingerprint density at radius 1 is 1.38 bits per heavy atom. The number of nitrogens with two attached hydrogens (primary N) is 1. The van der Waals surface area contributed by atoms with Crippen LogP contribution in [0, 0.1) is 25.2 Å². The average Bonchev–Trinajstić information content (AvgIpc) is 2.87. The predicted octanol–water partition coefficient (Wildman–Crippen LogP) is 3.39. The minimum absolute atomic E-state index is 0.127. The second kappa shape index (κ2) is 6.46. The standard InChI is InChI=1S/C17H28N4/c1-11(2)10-21(14-7-5-6-8-14)15-9-12(3)20-13(4)16(15)17(18)19/h9,11,14H,5-8,10H2,1-4H3,(H3,18,19). The highest BCUT2D eigenvalue weighted by Crippen LogP contribution is 2.32. The van der Waals surface area contributed by atoms with Crippen LogP contribution in [0.4, 0.5) is 5.69 Å². The van der Waals surface area contributed by atoms with Crippen LogP contribution in [0.25, 0.3) is 0 Å². The van der Waals surface area contributed by atoms with Gasteiger partial charge in [-0.3, -0.25) is 10.4 Å². The first-order valence-corrected chi connectivity index (χ1v) is 7.99. The van der Waals surface area contributed by atoms with E-state index in [4.69, 9.17) is 11.1 Å². The Bertz CT molecular complexity index is 516. The van der Waals surface area contributed by atoms with E-state index in [1.807, 2.05) is 13.8 Å². The molecule has 0 saturated heterocycles. The minimum atomic E-state index is 0.127. The van der Waals surface area contributed by atoms with Crippen LogP contribution in [0.3, 0.4) is 0 Å². The second-order valence-electron chi connectivity index (χ2n) is 6.64. The smallest absolute Gasteiger partial charge is 0.126 e. The van der Waals surface area contributed by atoms with Crippen molar-refractivity contribution in [2.75, 3.05) is 11.4 Å². The Balaban J connectivity index is 2.49. The summed E-state index contributed by atoms with van der Waals surface area (Å²) in [4.78, 5) is 6.98. The number of aromatic nitrogens is 1. The largest absolute Gasteiger partial charge is 0.384 e. The van der Waals surface area contributed by atoms with Crippen LogP contribution < -0.4 is 10.6 Å². The number of nitrogen functional groups attached to an aromatic ring is 1. The van der Waals surface area contributed by atoms with Crippen LogP contribution >= 0.6 is 0 Å². The van der Waals surface area contributed by atoms with Gasteiger partial charge in [0.15, 0.2) is 0 Å². The number of amidine groups is 1. The minimum Gasteiger partial charge on any atom is -0.384 e. The molecule has 1 fully saturated rings. The predicted molar refractivity (Wildman–Crippen MR) is 89.2 cm³/mol. The summed E-state index contributed by atoms with van der Waals surface area (Å²) in [6, 6.07) is 2.68. The van der Waals surface area contributed by atoms with E-state index in [0.29, 0.717) is 12.0 Å². The zero-order valence-corrected chi connectivity index (χ0v) is 13.7. The summed E-state index contributed by atoms with van der Waals surface area (Å²) in [7, 11) is 0. The molecule has 21 heavy (non-hydrogen) atoms. The summed E-state index contributed by atoms with van der Waals surface area (Å²) in [5.74, 6) is 0.709. The fraction of sp³-hybridized carbons (Fsp3) is 0.647. The number of anilines is 1. The number of nitrogens with one attached hydrogen (secondary N) is 1. The van der Waals surface area contributed by atoms with Crippen LogP contribution in [-0.2, 0) is 0 Å². The molecule has 4 heteroatoms. The molecule has 1 aliphatic rings. The molecule has 0 spiro atoms. The molecule has 116 valence electrons. The molecular formula is C17H28N4. The van der Waals surface area contributed by atoms with Crippen molar-refractivity contribution in [1.29, 1.82) is 5.41 Å². The van der Waals surface area contributed by atoms with Crippen molar-refractivity contribution in [1.82, 2.24) is 4.98 Å². The molecule has 0 amide bonds. The highest BCUT2D eigenvalue weighted by atomic mass is 15.2. The summed E-state index contributed by atoms with van der Waals surface area (Å²) in [5.41, 5.74) is 9.63. The van der Waals surface area contributed by atoms with Gasteiger partial charge >= 0.3 is 0 Å². The summed E-state index contributed by atoms with van der Waals surface area (Å²) in [6.07, 6.45) is 5.09. The quantitative estimate of drug-likeness (QED) is 0.644. The molecule has 1 saturated carbocycles. The van der Waals surface area contributed by atoms with Gasteiger partial charge in [-0.05, 0) is 38.7 Å². The van der Waals surface area contributed by atoms with E-state index in [1.165, 1.54) is 25.7 Å². The number of hydrogen-bond acceptors (Lipinski definition) is 3. The maximum atomic E-state index is 7.95. The Hall–Kier alpha value is -1.58. The summed E-state index contributed by atoms with van der Waals surface area (Å²) >= 11 is 0. The highest BCUT2D eigenvalue weighted by Gasteiger charge is 2.26. The fourth-order valence-electron chi connectivity index (χ4n) is 3.42. The number of pyridine rings is 1. The number of rotatable bonds is 5. The molecule has 1 aliphatic carbocycles. The fourth-order valence-corrected chi connectivity index (χ4v) is 3.42. The van der Waals surface area contributed by atoms with E-state index in [0.717, 1.165) is 29.2 Å². The SMILES string of the molecule is Cc1cc(N(CC(C)C)C2CCCC2)c(C(=N)N)c(C)n1. The van der Waals surface area contributed by atoms with Crippen molar-refractivity contribution in [3.63, 3.8) is 0 Å². The lowest BCUT2D eigenvalue weighted by Gasteiger charge is -2.34. The van der Waals surface area contributed by atoms with Gasteiger partial charge in [0.2, 0.25) is 0 Å². The zero-order valence-electron chi connectivity index (χ0n) is 13.7. The van der Waals surface area contributed by atoms with Crippen molar-refractivity contribution in [2.24, 2.45) is 11.7 Å². The maximum Gasteiger partial charge on any atom is 0.126 e. The number of nitrogens with zero attached hydrogens (tertiary/aromatic N) is 2. The number of aryl methyl sites for hydroxylation is 2. The van der Waals surface area contributed by atoms with Gasteiger partial charge in [0.1, 0.15) is 5.84 Å². The third-order valence-corrected chi connectivity index (χ3v) is 4.21. The molecule has 1 heterocycles. The molecule has 3 N–H and O–H groups in total. The third kappa shape index (κ3) is 3.55. The summed E-state index contributed by atoms with van der Waals surface area (Å²) in [5, 5.41) is 7.95. The first kappa shape index (κ1) is 15.8. The lowest BCUT2D eigenvalue weighted by molar-refractivity contribution is 0.535. The van der Waals surface area contributed by atoms with Gasteiger partial charge < -0.3 is 10.6 Å². The molecule has 0 bridgehead atoms. The van der Waals surface area contributed by atoms with Crippen LogP contribution in [0.2, 0.25) is 0 Å². The monoisotopic (exact) mass is 288 g/mol. The van der Waals surface area contributed by atoms with Gasteiger partial charge in [0.05, 0.1) is 16.9 Å². The third-order valence-electron chi connectivity index (χ3n) is 4.21. The molecule has 2 rings (SSSR count). The van der Waals surface area contributed by atoms with E-state index in [-0.39, 0.29) is 5.84 Å². The van der Waals surface area contributed by atoms with Crippen LogP contribution in [-0.4, -0.2) is 23.4 Å². The average molecular weight is 288 g/mol. The van der Waals surface area contributed by atoms with Crippen LogP contribution in [0.5, 0.6) is 0 Å². The van der Waals surface area contributed by atoms with Gasteiger partial charge in [-0.2, -0.15) is 0 Å². The molecule has 1 aromatic rings. The van der Waals surface area contributed by atoms with Gasteiger partial charge in [-0.15, -0.1) is 0 Å². The lowest BCUT2D eigenvalue weighted by Crippen LogP contribution is -2.38. The normalized spacial score (nSPS) is 15.7. The van der Waals surface area contributed by atoms with Gasteiger partial charge in [-0.25, -0.2) is 0 Å². The van der Waals surface area contributed by atoms with Crippen molar-refractivity contribution in [3.8, 4) is 0 Å². The van der Waals surface area contributed by atoms with Crippen LogP contribution in [0.15, 0.2) is 6.07 Å². The molecule has 0 radical (unpaired) electrons. The van der Waals surface area contributed by atoms with Gasteiger partial charge in [0, 0.05) is 18.3 Å². The molecule has 0 unspecified atom stereocenters. The Kier molecular flexibility index (Phi) is 4.86. The Morgan fingerprint density at radius 3 is 2.52 bits per heavy atom. The number of hydrogen-bond donors (Lipinski definition) is 2. The Morgan fingerprint density at radius 2 is 2.00 bits per heavy atom. The molecular weight excluding hydrogens is 260 g/mol. The van der Waals surface area contributed by atoms with Crippen molar-refractivity contribution in [2.45, 2.75) is 59.4 Å². The van der Waals surface area contributed by atoms with Gasteiger partial charge in [-0.1, -0.05) is 26.7 Å². The van der Waals surface area contributed by atoms with E-state index in [9.17, 15) is 0 Å². The molecule has 0 aromatic carbocycles. The first-order valence-electron chi connectivity index (χ1n) is 7.99. The Labute approximate surface area is 128 Å². The van der Waals surface area contributed by atoms with E-state index >= 15 is 0 Å². The van der Waals surface area contributed by atoms with Crippen molar-refractivity contribution >= 4 is 11.5 Å². The van der Waals surface area contributed by atoms with Crippen LogP contribution in [0.1, 0.15) is 56.5 Å². The highest BCUT2D eigenvalue weighted by molar-refractivity contribution is 6.01. The molecule has 0 aliphatic heterocycles. The molecule has 4 nitrogen and oxygen atoms in total. The maximum absolute atomic E-state index is 7.95. The molecule has 1 aromatic heterocycles. The zero-order chi connectivity index (χ0) is 15.6. The van der Waals surface area contributed by atoms with Gasteiger partial charge in [0.25, 0.3) is 0 Å². The summed E-state index contributed by atoms with van der Waals surface area (Å²) < 4.78 is 0. The second-order valence-corrected chi connectivity index (χ2v) is 6.64. The first-order chi connectivity index (χ1) is 9.90.